The van der Waals surface area contributed by atoms with Crippen molar-refractivity contribution in [3.63, 3.8) is 0 Å². The highest BCUT2D eigenvalue weighted by molar-refractivity contribution is 7.89. The van der Waals surface area contributed by atoms with Crippen molar-refractivity contribution in [2.45, 2.75) is 51.2 Å². The van der Waals surface area contributed by atoms with Gasteiger partial charge in [-0.15, -0.1) is 0 Å². The Morgan fingerprint density at radius 2 is 1.77 bits per heavy atom. The number of sulfonamides is 1. The maximum atomic E-state index is 13.1. The van der Waals surface area contributed by atoms with Crippen LogP contribution in [-0.2, 0) is 10.0 Å². The lowest BCUT2D eigenvalue weighted by molar-refractivity contribution is 0.0704. The molecule has 2 saturated heterocycles. The number of rotatable bonds is 9. The molecule has 10 nitrogen and oxygen atoms in total. The Morgan fingerprint density at radius 1 is 1.08 bits per heavy atom. The Kier molecular flexibility index (Phi) is 8.22. The standard InChI is InChI=1S/C26H35FN6O4S2/c1-26(2,34)8-3-15-39(35,36)33-13-11-31(12-14-33)20-4-5-22-23(16-20)38-25(30-22)37-21-6-9-32(10-7-21)24-28-17-19(27)18-29-24/h4-5,16-18,21,34H,3,6-15H2,1-2H3. The number of aliphatic hydroxyl groups is 1. The Bertz CT molecular complexity index is 1360. The molecule has 0 radical (unpaired) electrons. The van der Waals surface area contributed by atoms with Gasteiger partial charge in [0.15, 0.2) is 5.82 Å². The van der Waals surface area contributed by atoms with Gasteiger partial charge < -0.3 is 19.6 Å². The van der Waals surface area contributed by atoms with Crippen LogP contribution >= 0.6 is 11.3 Å². The van der Waals surface area contributed by atoms with E-state index in [1.165, 1.54) is 23.7 Å². The molecule has 0 atom stereocenters. The second kappa shape index (κ2) is 11.5. The first-order valence-corrected chi connectivity index (χ1v) is 15.7. The molecule has 5 rings (SSSR count). The number of ether oxygens (including phenoxy) is 1. The van der Waals surface area contributed by atoms with Gasteiger partial charge in [-0.1, -0.05) is 11.3 Å². The molecule has 39 heavy (non-hydrogen) atoms. The molecule has 13 heteroatoms. The van der Waals surface area contributed by atoms with E-state index in [4.69, 9.17) is 4.74 Å². The molecule has 212 valence electrons. The van der Waals surface area contributed by atoms with Gasteiger partial charge in [0.2, 0.25) is 16.0 Å². The van der Waals surface area contributed by atoms with E-state index in [2.05, 4.69) is 25.9 Å². The van der Waals surface area contributed by atoms with E-state index in [9.17, 15) is 17.9 Å². The van der Waals surface area contributed by atoms with E-state index in [0.29, 0.717) is 50.2 Å². The number of aromatic nitrogens is 3. The van der Waals surface area contributed by atoms with Crippen LogP contribution in [0, 0.1) is 5.82 Å². The smallest absolute Gasteiger partial charge is 0.274 e. The summed E-state index contributed by atoms with van der Waals surface area (Å²) in [6, 6.07) is 6.12. The van der Waals surface area contributed by atoms with Crippen LogP contribution in [0.1, 0.15) is 39.5 Å². The molecule has 1 aromatic carbocycles. The van der Waals surface area contributed by atoms with Crippen molar-refractivity contribution in [2.75, 3.05) is 54.8 Å². The van der Waals surface area contributed by atoms with Crippen LogP contribution in [0.25, 0.3) is 10.2 Å². The number of benzene rings is 1. The predicted octanol–water partition coefficient (Wildman–Crippen LogP) is 3.28. The van der Waals surface area contributed by atoms with Crippen molar-refractivity contribution in [2.24, 2.45) is 0 Å². The largest absolute Gasteiger partial charge is 0.467 e. The highest BCUT2D eigenvalue weighted by atomic mass is 32.2. The normalized spacial score (nSPS) is 18.2. The predicted molar refractivity (Wildman–Crippen MR) is 151 cm³/mol. The lowest BCUT2D eigenvalue weighted by Gasteiger charge is -2.35. The van der Waals surface area contributed by atoms with Crippen LogP contribution in [-0.4, -0.2) is 89.5 Å². The summed E-state index contributed by atoms with van der Waals surface area (Å²) < 4.78 is 47.4. The van der Waals surface area contributed by atoms with Gasteiger partial charge in [-0.05, 0) is 44.9 Å². The van der Waals surface area contributed by atoms with Crippen molar-refractivity contribution >= 4 is 43.2 Å². The monoisotopic (exact) mass is 578 g/mol. The first-order chi connectivity index (χ1) is 18.6. The van der Waals surface area contributed by atoms with E-state index in [1.807, 2.05) is 17.0 Å². The van der Waals surface area contributed by atoms with Crippen LogP contribution in [0.5, 0.6) is 5.19 Å². The van der Waals surface area contributed by atoms with Crippen molar-refractivity contribution in [1.82, 2.24) is 19.3 Å². The topological polar surface area (TPSA) is 112 Å². The molecule has 1 N–H and O–H groups in total. The molecule has 0 unspecified atom stereocenters. The third-order valence-electron chi connectivity index (χ3n) is 7.14. The summed E-state index contributed by atoms with van der Waals surface area (Å²) in [5, 5.41) is 10.5. The summed E-state index contributed by atoms with van der Waals surface area (Å²) in [6.07, 6.45) is 4.91. The van der Waals surface area contributed by atoms with E-state index >= 15 is 0 Å². The molecule has 2 aliphatic heterocycles. The fourth-order valence-corrected chi connectivity index (χ4v) is 7.37. The molecule has 2 fully saturated rings. The van der Waals surface area contributed by atoms with Gasteiger partial charge in [-0.3, -0.25) is 0 Å². The lowest BCUT2D eigenvalue weighted by atomic mass is 10.0. The van der Waals surface area contributed by atoms with Crippen LogP contribution < -0.4 is 14.5 Å². The molecule has 0 bridgehead atoms. The number of fused-ring (bicyclic) bond motifs is 1. The van der Waals surface area contributed by atoms with Crippen molar-refractivity contribution < 1.29 is 22.7 Å². The Balaban J connectivity index is 1.13. The number of hydrogen-bond donors (Lipinski definition) is 1. The molecule has 0 spiro atoms. The van der Waals surface area contributed by atoms with Crippen LogP contribution in [0.2, 0.25) is 0 Å². The molecule has 0 aliphatic carbocycles. The number of anilines is 2. The lowest BCUT2D eigenvalue weighted by Crippen LogP contribution is -2.49. The summed E-state index contributed by atoms with van der Waals surface area (Å²) in [5.41, 5.74) is 1.07. The molecule has 0 amide bonds. The molecule has 4 heterocycles. The first-order valence-electron chi connectivity index (χ1n) is 13.3. The average Bonchev–Trinajstić information content (AvgIpc) is 3.30. The first kappa shape index (κ1) is 27.9. The van der Waals surface area contributed by atoms with Crippen LogP contribution in [0.15, 0.2) is 30.6 Å². The maximum absolute atomic E-state index is 13.1. The van der Waals surface area contributed by atoms with Crippen molar-refractivity contribution in [1.29, 1.82) is 0 Å². The maximum Gasteiger partial charge on any atom is 0.274 e. The van der Waals surface area contributed by atoms with E-state index in [1.54, 1.807) is 18.2 Å². The highest BCUT2D eigenvalue weighted by Crippen LogP contribution is 2.33. The zero-order valence-corrected chi connectivity index (χ0v) is 23.9. The molecular formula is C26H35FN6O4S2. The minimum Gasteiger partial charge on any atom is -0.467 e. The Hall–Kier alpha value is -2.61. The van der Waals surface area contributed by atoms with Gasteiger partial charge in [-0.2, -0.15) is 4.31 Å². The van der Waals surface area contributed by atoms with E-state index < -0.39 is 21.4 Å². The minimum atomic E-state index is -3.33. The molecule has 3 aromatic rings. The van der Waals surface area contributed by atoms with Crippen molar-refractivity contribution in [3.05, 3.63) is 36.4 Å². The average molecular weight is 579 g/mol. The van der Waals surface area contributed by atoms with Gasteiger partial charge in [0.1, 0.15) is 6.10 Å². The third-order valence-corrected chi connectivity index (χ3v) is 10.0. The van der Waals surface area contributed by atoms with Crippen LogP contribution in [0.4, 0.5) is 16.0 Å². The molecule has 0 saturated carbocycles. The summed E-state index contributed by atoms with van der Waals surface area (Å²) in [6.45, 7) is 6.99. The van der Waals surface area contributed by atoms with Crippen LogP contribution in [0.3, 0.4) is 0 Å². The zero-order valence-electron chi connectivity index (χ0n) is 22.3. The van der Waals surface area contributed by atoms with Gasteiger partial charge in [0.25, 0.3) is 5.19 Å². The third kappa shape index (κ3) is 7.13. The number of thiazole rings is 1. The second-order valence-corrected chi connectivity index (χ2v) is 13.8. The highest BCUT2D eigenvalue weighted by Gasteiger charge is 2.28. The van der Waals surface area contributed by atoms with E-state index in [-0.39, 0.29) is 11.9 Å². The molecular weight excluding hydrogens is 543 g/mol. The summed E-state index contributed by atoms with van der Waals surface area (Å²) in [5.74, 6) is 0.151. The van der Waals surface area contributed by atoms with Gasteiger partial charge >= 0.3 is 0 Å². The number of hydrogen-bond acceptors (Lipinski definition) is 10. The van der Waals surface area contributed by atoms with Gasteiger partial charge in [0, 0.05) is 57.8 Å². The van der Waals surface area contributed by atoms with Gasteiger partial charge in [-0.25, -0.2) is 27.8 Å². The van der Waals surface area contributed by atoms with Gasteiger partial charge in [0.05, 0.1) is 34.0 Å². The van der Waals surface area contributed by atoms with E-state index in [0.717, 1.165) is 41.8 Å². The number of halogens is 1. The number of piperidine rings is 1. The molecule has 2 aliphatic rings. The second-order valence-electron chi connectivity index (χ2n) is 10.8. The quantitative estimate of drug-likeness (QED) is 0.409. The Morgan fingerprint density at radius 3 is 2.44 bits per heavy atom. The number of piperazine rings is 1. The molecule has 2 aromatic heterocycles. The summed E-state index contributed by atoms with van der Waals surface area (Å²) >= 11 is 1.52. The Labute approximate surface area is 232 Å². The summed E-state index contributed by atoms with van der Waals surface area (Å²) in [7, 11) is -3.33. The van der Waals surface area contributed by atoms with Crippen molar-refractivity contribution in [3.8, 4) is 5.19 Å². The fraction of sp³-hybridized carbons (Fsp3) is 0.577. The zero-order chi connectivity index (χ0) is 27.6. The fourth-order valence-electron chi connectivity index (χ4n) is 4.97. The number of nitrogens with zero attached hydrogens (tertiary/aromatic N) is 6. The minimum absolute atomic E-state index is 0.0419. The SMILES string of the molecule is CC(C)(O)CCCS(=O)(=O)N1CCN(c2ccc3nc(OC4CCN(c5ncc(F)cn5)CC4)sc3c2)CC1. The summed E-state index contributed by atoms with van der Waals surface area (Å²) in [4.78, 5) is 17.0.